The monoisotopic (exact) mass is 731 g/mol. The maximum Gasteiger partial charge on any atom is 0.412 e. The van der Waals surface area contributed by atoms with E-state index in [1.165, 1.54) is 47.5 Å². The van der Waals surface area contributed by atoms with Crippen LogP contribution < -0.4 is 15.4 Å². The van der Waals surface area contributed by atoms with Crippen molar-refractivity contribution in [3.63, 3.8) is 0 Å². The van der Waals surface area contributed by atoms with E-state index < -0.39 is 47.3 Å². The van der Waals surface area contributed by atoms with Gasteiger partial charge in [0.15, 0.2) is 0 Å². The molecule has 0 aliphatic carbocycles. The average molecular weight is 732 g/mol. The Morgan fingerprint density at radius 2 is 1.67 bits per heavy atom. The quantitative estimate of drug-likeness (QED) is 0.0980. The Kier molecular flexibility index (Phi) is 15.6. The van der Waals surface area contributed by atoms with Crippen molar-refractivity contribution < 1.29 is 41.0 Å². The van der Waals surface area contributed by atoms with Gasteiger partial charge < -0.3 is 20.1 Å². The Hall–Kier alpha value is -3.15. The van der Waals surface area contributed by atoms with Gasteiger partial charge in [-0.15, -0.1) is 11.3 Å². The molecule has 0 saturated heterocycles. The third-order valence-electron chi connectivity index (χ3n) is 8.14. The van der Waals surface area contributed by atoms with Gasteiger partial charge in [0.1, 0.15) is 11.3 Å². The smallest absolute Gasteiger partial charge is 0.412 e. The predicted molar refractivity (Wildman–Crippen MR) is 190 cm³/mol. The Morgan fingerprint density at radius 1 is 1.02 bits per heavy atom. The van der Waals surface area contributed by atoms with E-state index in [-0.39, 0.29) is 22.6 Å². The summed E-state index contributed by atoms with van der Waals surface area (Å²) < 4.78 is 77.4. The number of benzene rings is 2. The third-order valence-corrected chi connectivity index (χ3v) is 9.48. The molecule has 2 aromatic carbocycles. The highest BCUT2D eigenvalue weighted by Gasteiger charge is 2.33. The molecule has 3 aromatic rings. The highest BCUT2D eigenvalue weighted by atomic mass is 32.1. The Balaban J connectivity index is 0.000000591. The zero-order valence-electron chi connectivity index (χ0n) is 29.2. The first kappa shape index (κ1) is 42.0. The number of alkyl halides is 5. The summed E-state index contributed by atoms with van der Waals surface area (Å²) in [4.78, 5) is 30.6. The summed E-state index contributed by atoms with van der Waals surface area (Å²) in [6.07, 6.45) is -2.67. The molecular weight excluding hydrogens is 684 g/mol. The number of methoxy groups -OCH3 is 2. The van der Waals surface area contributed by atoms with Crippen LogP contribution in [0.15, 0.2) is 42.5 Å². The van der Waals surface area contributed by atoms with Crippen molar-refractivity contribution in [2.24, 2.45) is 17.8 Å². The van der Waals surface area contributed by atoms with Gasteiger partial charge in [-0.25, -0.2) is 4.98 Å². The van der Waals surface area contributed by atoms with Crippen molar-refractivity contribution in [3.8, 4) is 5.75 Å². The van der Waals surface area contributed by atoms with Gasteiger partial charge in [0.2, 0.25) is 0 Å². The summed E-state index contributed by atoms with van der Waals surface area (Å²) in [6.45, 7) is 16.2. The van der Waals surface area contributed by atoms with Gasteiger partial charge in [0, 0.05) is 30.9 Å². The molecule has 0 saturated carbocycles. The van der Waals surface area contributed by atoms with E-state index >= 15 is 0 Å². The lowest BCUT2D eigenvalue weighted by molar-refractivity contribution is -0.0942. The second-order valence-corrected chi connectivity index (χ2v) is 14.3. The number of thiazole rings is 1. The Bertz CT molecular complexity index is 1590. The highest BCUT2D eigenvalue weighted by molar-refractivity contribution is 7.19. The minimum Gasteiger partial charge on any atom is -0.496 e. The Morgan fingerprint density at radius 3 is 2.22 bits per heavy atom. The number of carbonyl (C=O) groups excluding carboxylic acids is 2. The van der Waals surface area contributed by atoms with Crippen LogP contribution in [-0.4, -0.2) is 49.8 Å². The fraction of sp³-hybridized carbons (Fsp3) is 0.514. The summed E-state index contributed by atoms with van der Waals surface area (Å²) in [7, 11) is 4.50. The van der Waals surface area contributed by atoms with Gasteiger partial charge >= 0.3 is 6.18 Å². The lowest BCUT2D eigenvalue weighted by Crippen LogP contribution is -2.35. The molecule has 49 heavy (non-hydrogen) atoms. The number of anilines is 1. The maximum absolute atomic E-state index is 14.0. The molecule has 1 aromatic heterocycles. The molecule has 0 aliphatic rings. The molecule has 1 heterocycles. The topological polar surface area (TPSA) is 89.6 Å². The summed E-state index contributed by atoms with van der Waals surface area (Å²) >= 11 is 1.25. The first-order valence-corrected chi connectivity index (χ1v) is 17.2. The number of rotatable bonds is 14. The zero-order valence-corrected chi connectivity index (χ0v) is 31.2. The van der Waals surface area contributed by atoms with Gasteiger partial charge in [-0.3, -0.25) is 9.59 Å². The minimum atomic E-state index is -4.64. The number of halogens is 5. The summed E-state index contributed by atoms with van der Waals surface area (Å²) in [5.74, 6) is 0.979. The Labute approximate surface area is 291 Å². The number of ether oxygens (including phenoxy) is 2. The molecule has 0 fully saturated rings. The first-order chi connectivity index (χ1) is 22.7. The highest BCUT2D eigenvalue weighted by Crippen LogP contribution is 2.38. The van der Waals surface area contributed by atoms with Crippen molar-refractivity contribution >= 4 is 48.3 Å². The molecule has 5 atom stereocenters. The lowest BCUT2D eigenvalue weighted by atomic mass is 9.86. The fourth-order valence-electron chi connectivity index (χ4n) is 5.16. The van der Waals surface area contributed by atoms with E-state index in [4.69, 9.17) is 9.47 Å². The van der Waals surface area contributed by atoms with Crippen LogP contribution in [0.4, 0.5) is 27.6 Å². The largest absolute Gasteiger partial charge is 0.496 e. The predicted octanol–water partition coefficient (Wildman–Crippen LogP) is 9.76. The summed E-state index contributed by atoms with van der Waals surface area (Å²) in [6, 6.07) is 5.24. The number of nitrogens with zero attached hydrogens (tertiary/aromatic N) is 1. The normalized spacial score (nSPS) is 14.2. The van der Waals surface area contributed by atoms with Crippen LogP contribution in [0.1, 0.15) is 85.2 Å². The number of carbonyl (C=O) groups is 2. The molecule has 2 N–H and O–H groups in total. The number of hydrogen-bond acceptors (Lipinski definition) is 6. The molecule has 0 aliphatic heterocycles. The molecule has 14 heteroatoms. The minimum absolute atomic E-state index is 0.123. The standard InChI is InChI=1S/C24H23F5N3O3PS.C11H24O/c1-11(23(25,26)27)9-12(2)30-21(33)15-10-14(24(28,29)36)5-6-16(15)32-22(34)19-18(35-4)8-7-17-20(19)37-13(3)31-17;1-6-10(3)11(4)7-9(2)8-12-5/h5-8,10,12H,1,9,36H2,2-4H3,(H,30,33)(H,32,34);9-11H,6-8H2,1-5H3. The zero-order chi connectivity index (χ0) is 37.3. The van der Waals surface area contributed by atoms with E-state index in [1.807, 2.05) is 0 Å². The van der Waals surface area contributed by atoms with Crippen LogP contribution >= 0.6 is 20.6 Å². The van der Waals surface area contributed by atoms with E-state index in [0.29, 0.717) is 21.1 Å². The van der Waals surface area contributed by atoms with Crippen LogP contribution in [0.3, 0.4) is 0 Å². The van der Waals surface area contributed by atoms with Gasteiger partial charge in [-0.05, 0) is 68.7 Å². The van der Waals surface area contributed by atoms with Crippen LogP contribution in [0.2, 0.25) is 0 Å². The van der Waals surface area contributed by atoms with Crippen molar-refractivity contribution in [1.29, 1.82) is 0 Å². The lowest BCUT2D eigenvalue weighted by Gasteiger charge is -2.21. The van der Waals surface area contributed by atoms with Crippen molar-refractivity contribution in [2.75, 3.05) is 26.1 Å². The average Bonchev–Trinajstić information content (AvgIpc) is 3.39. The molecule has 3 rings (SSSR count). The van der Waals surface area contributed by atoms with Crippen LogP contribution in [0.25, 0.3) is 10.2 Å². The number of aryl methyl sites for hydroxylation is 1. The molecule has 0 bridgehead atoms. The SMILES string of the molecule is C=C(CC(C)NC(=O)c1cc(C(F)(F)P)ccc1NC(=O)c1c(OC)ccc2nc(C)sc12)C(F)(F)F.CCC(C)C(C)CC(C)COC. The molecule has 272 valence electrons. The number of nitrogens with one attached hydrogen (secondary N) is 2. The van der Waals surface area contributed by atoms with E-state index in [2.05, 4.69) is 49.9 Å². The fourth-order valence-corrected chi connectivity index (χ4v) is 6.30. The number of hydrogen-bond donors (Lipinski definition) is 2. The van der Waals surface area contributed by atoms with Gasteiger partial charge in [-0.1, -0.05) is 56.0 Å². The number of fused-ring (bicyclic) bond motifs is 1. The summed E-state index contributed by atoms with van der Waals surface area (Å²) in [5, 5.41) is 5.60. The van der Waals surface area contributed by atoms with Crippen molar-refractivity contribution in [2.45, 2.75) is 78.7 Å². The maximum atomic E-state index is 14.0. The van der Waals surface area contributed by atoms with E-state index in [9.17, 15) is 31.5 Å². The molecule has 5 unspecified atom stereocenters. The van der Waals surface area contributed by atoms with Crippen molar-refractivity contribution in [3.05, 3.63) is 64.2 Å². The first-order valence-electron chi connectivity index (χ1n) is 15.8. The second-order valence-electron chi connectivity index (χ2n) is 12.4. The number of amides is 2. The van der Waals surface area contributed by atoms with Gasteiger partial charge in [-0.2, -0.15) is 22.0 Å². The third kappa shape index (κ3) is 12.3. The summed E-state index contributed by atoms with van der Waals surface area (Å²) in [5.41, 5.74) is -4.81. The second kappa shape index (κ2) is 18.2. The molecule has 0 spiro atoms. The van der Waals surface area contributed by atoms with E-state index in [1.54, 1.807) is 26.2 Å². The molecular formula is C35H47F5N3O4PS. The number of aromatic nitrogens is 1. The molecule has 7 nitrogen and oxygen atoms in total. The van der Waals surface area contributed by atoms with Gasteiger partial charge in [0.05, 0.1) is 33.6 Å². The van der Waals surface area contributed by atoms with Crippen LogP contribution in [-0.2, 0) is 10.4 Å². The van der Waals surface area contributed by atoms with Crippen LogP contribution in [0, 0.1) is 24.7 Å². The van der Waals surface area contributed by atoms with Crippen LogP contribution in [0.5, 0.6) is 5.75 Å². The molecule has 0 radical (unpaired) electrons. The van der Waals surface area contributed by atoms with Crippen molar-refractivity contribution in [1.82, 2.24) is 10.3 Å². The van der Waals surface area contributed by atoms with Gasteiger partial charge in [0.25, 0.3) is 17.5 Å². The van der Waals surface area contributed by atoms with E-state index in [0.717, 1.165) is 36.6 Å². The molecule has 2 amide bonds.